The van der Waals surface area contributed by atoms with E-state index in [2.05, 4.69) is 31.1 Å². The molecule has 0 aliphatic heterocycles. The van der Waals surface area contributed by atoms with Gasteiger partial charge in [0.2, 0.25) is 0 Å². The number of aromatic nitrogens is 1. The van der Waals surface area contributed by atoms with Gasteiger partial charge in [0, 0.05) is 17.1 Å². The van der Waals surface area contributed by atoms with Gasteiger partial charge in [0.1, 0.15) is 5.01 Å². The van der Waals surface area contributed by atoms with Gasteiger partial charge >= 0.3 is 0 Å². The first kappa shape index (κ1) is 14.0. The van der Waals surface area contributed by atoms with Crippen LogP contribution in [0.25, 0.3) is 0 Å². The lowest BCUT2D eigenvalue weighted by Gasteiger charge is -2.31. The van der Waals surface area contributed by atoms with Crippen molar-refractivity contribution in [3.63, 3.8) is 0 Å². The van der Waals surface area contributed by atoms with E-state index in [1.165, 1.54) is 42.0 Å². The number of thiazole rings is 1. The molecule has 2 rings (SSSR count). The first-order valence-electron chi connectivity index (χ1n) is 7.43. The Kier molecular flexibility index (Phi) is 5.19. The molecule has 1 fully saturated rings. The Labute approximate surface area is 115 Å². The molecule has 0 aromatic carbocycles. The van der Waals surface area contributed by atoms with E-state index in [0.29, 0.717) is 12.1 Å². The maximum atomic E-state index is 4.55. The molecule has 3 unspecified atom stereocenters. The minimum Gasteiger partial charge on any atom is -0.305 e. The quantitative estimate of drug-likeness (QED) is 0.858. The average molecular weight is 266 g/mol. The Bertz CT molecular complexity index is 361. The first-order valence-corrected chi connectivity index (χ1v) is 8.25. The summed E-state index contributed by atoms with van der Waals surface area (Å²) in [5.74, 6) is 0.936. The summed E-state index contributed by atoms with van der Waals surface area (Å²) in [6, 6.07) is 1.11. The van der Waals surface area contributed by atoms with Crippen LogP contribution < -0.4 is 5.32 Å². The van der Waals surface area contributed by atoms with Gasteiger partial charge in [-0.3, -0.25) is 0 Å². The summed E-state index contributed by atoms with van der Waals surface area (Å²) in [7, 11) is 0. The summed E-state index contributed by atoms with van der Waals surface area (Å²) in [6.45, 7) is 6.78. The molecule has 1 aliphatic carbocycles. The van der Waals surface area contributed by atoms with Gasteiger partial charge in [-0.05, 0) is 32.1 Å². The lowest BCUT2D eigenvalue weighted by Crippen LogP contribution is -2.35. The number of hydrogen-bond donors (Lipinski definition) is 1. The molecule has 0 amide bonds. The molecule has 3 atom stereocenters. The molecule has 0 saturated heterocycles. The highest BCUT2D eigenvalue weighted by Gasteiger charge is 2.22. The Morgan fingerprint density at radius 2 is 2.28 bits per heavy atom. The van der Waals surface area contributed by atoms with Crippen molar-refractivity contribution in [1.82, 2.24) is 10.3 Å². The molecule has 102 valence electrons. The van der Waals surface area contributed by atoms with Crippen LogP contribution in [-0.4, -0.2) is 11.0 Å². The maximum absolute atomic E-state index is 4.55. The molecule has 1 aliphatic rings. The molecule has 1 saturated carbocycles. The summed E-state index contributed by atoms with van der Waals surface area (Å²) >= 11 is 1.86. The van der Waals surface area contributed by atoms with Crippen molar-refractivity contribution >= 4 is 11.3 Å². The van der Waals surface area contributed by atoms with Crippen LogP contribution >= 0.6 is 11.3 Å². The second kappa shape index (κ2) is 6.67. The van der Waals surface area contributed by atoms with Crippen molar-refractivity contribution < 1.29 is 0 Å². The third kappa shape index (κ3) is 3.55. The van der Waals surface area contributed by atoms with Crippen LogP contribution in [0.15, 0.2) is 6.20 Å². The molecule has 18 heavy (non-hydrogen) atoms. The zero-order chi connectivity index (χ0) is 13.0. The van der Waals surface area contributed by atoms with Gasteiger partial charge in [0.15, 0.2) is 0 Å². The highest BCUT2D eigenvalue weighted by atomic mass is 32.1. The van der Waals surface area contributed by atoms with Gasteiger partial charge in [-0.1, -0.05) is 33.1 Å². The fraction of sp³-hybridized carbons (Fsp3) is 0.800. The van der Waals surface area contributed by atoms with E-state index in [9.17, 15) is 0 Å². The first-order chi connectivity index (χ1) is 8.72. The van der Waals surface area contributed by atoms with E-state index in [0.717, 1.165) is 12.3 Å². The predicted molar refractivity (Wildman–Crippen MR) is 79.1 cm³/mol. The maximum Gasteiger partial charge on any atom is 0.109 e. The van der Waals surface area contributed by atoms with Crippen LogP contribution in [-0.2, 0) is 6.42 Å². The molecule has 0 bridgehead atoms. The van der Waals surface area contributed by atoms with Crippen LogP contribution in [0, 0.1) is 5.92 Å². The lowest BCUT2D eigenvalue weighted by molar-refractivity contribution is 0.266. The van der Waals surface area contributed by atoms with Crippen LogP contribution in [0.5, 0.6) is 0 Å². The molecule has 1 aromatic heterocycles. The lowest BCUT2D eigenvalue weighted by atomic mass is 9.84. The Balaban J connectivity index is 1.88. The standard InChI is InChI=1S/C15H26N2S/c1-4-12-7-6-8-13(9-12)17-11(3)15-16-10-14(5-2)18-15/h10-13,17H,4-9H2,1-3H3. The third-order valence-electron chi connectivity index (χ3n) is 4.14. The van der Waals surface area contributed by atoms with Crippen molar-refractivity contribution in [1.29, 1.82) is 0 Å². The van der Waals surface area contributed by atoms with Crippen molar-refractivity contribution in [2.24, 2.45) is 5.92 Å². The Morgan fingerprint density at radius 1 is 1.44 bits per heavy atom. The largest absolute Gasteiger partial charge is 0.305 e. The molecular weight excluding hydrogens is 240 g/mol. The highest BCUT2D eigenvalue weighted by molar-refractivity contribution is 7.11. The van der Waals surface area contributed by atoms with E-state index in [1.54, 1.807) is 0 Å². The molecular formula is C15H26N2S. The van der Waals surface area contributed by atoms with Gasteiger partial charge in [0.05, 0.1) is 6.04 Å². The molecule has 0 radical (unpaired) electrons. The predicted octanol–water partition coefficient (Wildman–Crippen LogP) is 4.32. The van der Waals surface area contributed by atoms with E-state index in [1.807, 2.05) is 17.5 Å². The van der Waals surface area contributed by atoms with Crippen molar-refractivity contribution in [3.05, 3.63) is 16.1 Å². The fourth-order valence-electron chi connectivity index (χ4n) is 2.92. The van der Waals surface area contributed by atoms with Gasteiger partial charge in [-0.2, -0.15) is 0 Å². The minimum absolute atomic E-state index is 0.413. The van der Waals surface area contributed by atoms with Gasteiger partial charge < -0.3 is 5.32 Å². The third-order valence-corrected chi connectivity index (χ3v) is 5.46. The average Bonchev–Trinajstić information content (AvgIpc) is 2.88. The second-order valence-electron chi connectivity index (χ2n) is 5.54. The van der Waals surface area contributed by atoms with Crippen LogP contribution in [0.3, 0.4) is 0 Å². The fourth-order valence-corrected chi connectivity index (χ4v) is 3.79. The van der Waals surface area contributed by atoms with E-state index in [-0.39, 0.29) is 0 Å². The van der Waals surface area contributed by atoms with E-state index in [4.69, 9.17) is 0 Å². The van der Waals surface area contributed by atoms with Crippen molar-refractivity contribution in [2.75, 3.05) is 0 Å². The summed E-state index contributed by atoms with van der Waals surface area (Å²) in [5, 5.41) is 5.04. The van der Waals surface area contributed by atoms with Crippen LogP contribution in [0.1, 0.15) is 68.8 Å². The zero-order valence-electron chi connectivity index (χ0n) is 11.9. The number of nitrogens with one attached hydrogen (secondary N) is 1. The highest BCUT2D eigenvalue weighted by Crippen LogP contribution is 2.29. The Morgan fingerprint density at radius 3 is 2.94 bits per heavy atom. The summed E-state index contributed by atoms with van der Waals surface area (Å²) in [6.07, 6.45) is 9.99. The van der Waals surface area contributed by atoms with Crippen molar-refractivity contribution in [3.8, 4) is 0 Å². The van der Waals surface area contributed by atoms with E-state index >= 15 is 0 Å². The van der Waals surface area contributed by atoms with Gasteiger partial charge in [-0.15, -0.1) is 11.3 Å². The Hall–Kier alpha value is -0.410. The number of hydrogen-bond acceptors (Lipinski definition) is 3. The van der Waals surface area contributed by atoms with Crippen molar-refractivity contribution in [2.45, 2.75) is 71.4 Å². The van der Waals surface area contributed by atoms with Gasteiger partial charge in [0.25, 0.3) is 0 Å². The topological polar surface area (TPSA) is 24.9 Å². The molecule has 2 nitrogen and oxygen atoms in total. The molecule has 3 heteroatoms. The number of rotatable bonds is 5. The van der Waals surface area contributed by atoms with Crippen LogP contribution in [0.4, 0.5) is 0 Å². The SMILES string of the molecule is CCc1cnc(C(C)NC2CCCC(CC)C2)s1. The van der Waals surface area contributed by atoms with Gasteiger partial charge in [-0.25, -0.2) is 4.98 Å². The number of nitrogens with zero attached hydrogens (tertiary/aromatic N) is 1. The van der Waals surface area contributed by atoms with Crippen LogP contribution in [0.2, 0.25) is 0 Å². The summed E-state index contributed by atoms with van der Waals surface area (Å²) in [5.41, 5.74) is 0. The molecule has 1 aromatic rings. The molecule has 0 spiro atoms. The second-order valence-corrected chi connectivity index (χ2v) is 6.69. The minimum atomic E-state index is 0.413. The molecule has 1 N–H and O–H groups in total. The van der Waals surface area contributed by atoms with E-state index < -0.39 is 0 Å². The zero-order valence-corrected chi connectivity index (χ0v) is 12.7. The molecule has 1 heterocycles. The summed E-state index contributed by atoms with van der Waals surface area (Å²) < 4.78 is 0. The normalized spacial score (nSPS) is 26.2. The number of aryl methyl sites for hydroxylation is 1. The monoisotopic (exact) mass is 266 g/mol. The smallest absolute Gasteiger partial charge is 0.109 e. The summed E-state index contributed by atoms with van der Waals surface area (Å²) in [4.78, 5) is 5.94.